The maximum atomic E-state index is 10.6. The summed E-state index contributed by atoms with van der Waals surface area (Å²) in [5, 5.41) is 8.73. The SMILES string of the molecule is O=C(O)c1ccc(C[c-]2cccc2)cc1.[Fe].[cH-]1[cH-][cH-][cH-][cH-]1. The number of carbonyl (C=O) groups is 1. The Morgan fingerprint density at radius 1 is 0.952 bits per heavy atom. The van der Waals surface area contributed by atoms with E-state index in [0.717, 1.165) is 12.0 Å². The maximum Gasteiger partial charge on any atom is 0.335 e. The van der Waals surface area contributed by atoms with Crippen LogP contribution in [0.2, 0.25) is 0 Å². The van der Waals surface area contributed by atoms with Gasteiger partial charge < -0.3 is 35.4 Å². The largest absolute Gasteiger partial charge is 0.748 e. The molecule has 0 aliphatic carbocycles. The summed E-state index contributed by atoms with van der Waals surface area (Å²) in [6.07, 6.45) is 0.854. The predicted molar refractivity (Wildman–Crippen MR) is 80.3 cm³/mol. The molecular formula is C18H16FeO2-6. The Hall–Kier alpha value is -2.09. The Bertz CT molecular complexity index is 591. The third kappa shape index (κ3) is 5.82. The first kappa shape index (κ1) is 17.0. The number of rotatable bonds is 3. The summed E-state index contributed by atoms with van der Waals surface area (Å²) >= 11 is 0. The van der Waals surface area contributed by atoms with E-state index in [1.165, 1.54) is 5.56 Å². The van der Waals surface area contributed by atoms with Crippen molar-refractivity contribution in [1.82, 2.24) is 0 Å². The maximum absolute atomic E-state index is 10.6. The zero-order valence-corrected chi connectivity index (χ0v) is 12.5. The van der Waals surface area contributed by atoms with Gasteiger partial charge in [0.1, 0.15) is 0 Å². The van der Waals surface area contributed by atoms with E-state index < -0.39 is 5.97 Å². The van der Waals surface area contributed by atoms with Crippen LogP contribution in [0.4, 0.5) is 0 Å². The fraction of sp³-hybridized carbons (Fsp3) is 0.0556. The molecule has 0 aliphatic heterocycles. The van der Waals surface area contributed by atoms with E-state index in [2.05, 4.69) is 12.1 Å². The summed E-state index contributed by atoms with van der Waals surface area (Å²) in [5.41, 5.74) is 2.71. The van der Waals surface area contributed by atoms with Crippen LogP contribution in [-0.2, 0) is 23.5 Å². The molecule has 0 unspecified atom stereocenters. The van der Waals surface area contributed by atoms with Crippen LogP contribution in [0.25, 0.3) is 0 Å². The molecule has 0 radical (unpaired) electrons. The number of aromatic carboxylic acids is 1. The summed E-state index contributed by atoms with van der Waals surface area (Å²) in [5.74, 6) is -0.880. The quantitative estimate of drug-likeness (QED) is 0.583. The number of carboxylic acid groups (broad SMARTS) is 1. The van der Waals surface area contributed by atoms with Gasteiger partial charge in [0.05, 0.1) is 5.56 Å². The van der Waals surface area contributed by atoms with Crippen LogP contribution < -0.4 is 0 Å². The Kier molecular flexibility index (Phi) is 7.24. The minimum absolute atomic E-state index is 0. The molecule has 0 aliphatic rings. The van der Waals surface area contributed by atoms with Crippen LogP contribution in [0.1, 0.15) is 21.5 Å². The molecule has 0 aromatic heterocycles. The molecule has 0 saturated carbocycles. The molecule has 3 aromatic rings. The number of hydrogen-bond donors (Lipinski definition) is 1. The topological polar surface area (TPSA) is 37.3 Å². The second kappa shape index (κ2) is 8.96. The van der Waals surface area contributed by atoms with Crippen molar-refractivity contribution in [2.24, 2.45) is 0 Å². The fourth-order valence-corrected chi connectivity index (χ4v) is 1.85. The van der Waals surface area contributed by atoms with Crippen molar-refractivity contribution < 1.29 is 27.0 Å². The van der Waals surface area contributed by atoms with Gasteiger partial charge >= 0.3 is 5.97 Å². The molecule has 114 valence electrons. The molecule has 0 bridgehead atoms. The van der Waals surface area contributed by atoms with Gasteiger partial charge in [0.2, 0.25) is 0 Å². The fourth-order valence-electron chi connectivity index (χ4n) is 1.85. The van der Waals surface area contributed by atoms with E-state index in [-0.39, 0.29) is 17.1 Å². The van der Waals surface area contributed by atoms with Crippen LogP contribution in [0, 0.1) is 0 Å². The minimum atomic E-state index is -0.880. The number of benzene rings is 1. The summed E-state index contributed by atoms with van der Waals surface area (Å²) < 4.78 is 0. The van der Waals surface area contributed by atoms with E-state index in [0.29, 0.717) is 5.56 Å². The van der Waals surface area contributed by atoms with Gasteiger partial charge in [-0.25, -0.2) is 16.9 Å². The third-order valence-electron chi connectivity index (χ3n) is 2.90. The molecule has 0 spiro atoms. The van der Waals surface area contributed by atoms with Crippen molar-refractivity contribution in [2.45, 2.75) is 6.42 Å². The van der Waals surface area contributed by atoms with Gasteiger partial charge in [-0.3, -0.25) is 0 Å². The Morgan fingerprint density at radius 3 is 1.86 bits per heavy atom. The normalized spacial score (nSPS) is 9.14. The molecule has 0 atom stereocenters. The van der Waals surface area contributed by atoms with Crippen molar-refractivity contribution in [1.29, 1.82) is 0 Å². The molecule has 0 heterocycles. The van der Waals surface area contributed by atoms with Gasteiger partial charge in [-0.1, -0.05) is 17.7 Å². The van der Waals surface area contributed by atoms with Crippen LogP contribution in [-0.4, -0.2) is 11.1 Å². The standard InChI is InChI=1S/C13H11O2.C5H5.Fe/c14-13(15)12-7-5-11(6-8-12)9-10-3-1-2-4-10;1-2-4-5-3-1;/h1-8H,9H2,(H,14,15);1-5H;/q-1;-5;. The molecule has 3 aromatic carbocycles. The first-order valence-electron chi connectivity index (χ1n) is 6.45. The van der Waals surface area contributed by atoms with E-state index in [9.17, 15) is 4.79 Å². The third-order valence-corrected chi connectivity index (χ3v) is 2.90. The zero-order chi connectivity index (χ0) is 14.2. The van der Waals surface area contributed by atoms with Crippen molar-refractivity contribution in [3.63, 3.8) is 0 Å². The summed E-state index contributed by atoms with van der Waals surface area (Å²) in [4.78, 5) is 10.6. The Balaban J connectivity index is 0.000000313. The van der Waals surface area contributed by atoms with E-state index in [1.807, 2.05) is 54.6 Å². The van der Waals surface area contributed by atoms with E-state index >= 15 is 0 Å². The molecule has 1 N–H and O–H groups in total. The molecule has 0 amide bonds. The molecular weight excluding hydrogens is 304 g/mol. The Labute approximate surface area is 135 Å². The van der Waals surface area contributed by atoms with Gasteiger partial charge in [0.15, 0.2) is 0 Å². The van der Waals surface area contributed by atoms with Crippen LogP contribution in [0.3, 0.4) is 0 Å². The predicted octanol–water partition coefficient (Wildman–Crippen LogP) is 4.10. The van der Waals surface area contributed by atoms with Crippen LogP contribution in [0.15, 0.2) is 78.9 Å². The van der Waals surface area contributed by atoms with Gasteiger partial charge in [-0.15, -0.1) is 0 Å². The van der Waals surface area contributed by atoms with Crippen molar-refractivity contribution in [3.8, 4) is 0 Å². The summed E-state index contributed by atoms with van der Waals surface area (Å²) in [7, 11) is 0. The van der Waals surface area contributed by atoms with Crippen molar-refractivity contribution in [3.05, 3.63) is 95.6 Å². The van der Waals surface area contributed by atoms with Crippen LogP contribution >= 0.6 is 0 Å². The summed E-state index contributed by atoms with van der Waals surface area (Å²) in [6, 6.07) is 25.1. The minimum Gasteiger partial charge on any atom is -0.748 e. The average molecular weight is 320 g/mol. The van der Waals surface area contributed by atoms with Crippen molar-refractivity contribution in [2.75, 3.05) is 0 Å². The van der Waals surface area contributed by atoms with Gasteiger partial charge in [0, 0.05) is 17.1 Å². The first-order chi connectivity index (χ1) is 9.75. The number of hydrogen-bond acceptors (Lipinski definition) is 1. The molecule has 0 saturated heterocycles. The number of carboxylic acids is 1. The van der Waals surface area contributed by atoms with Crippen molar-refractivity contribution >= 4 is 5.97 Å². The molecule has 3 heteroatoms. The van der Waals surface area contributed by atoms with Gasteiger partial charge in [0.25, 0.3) is 0 Å². The van der Waals surface area contributed by atoms with E-state index in [1.54, 1.807) is 12.1 Å². The molecule has 21 heavy (non-hydrogen) atoms. The van der Waals surface area contributed by atoms with Gasteiger partial charge in [-0.2, -0.15) is 17.7 Å². The molecule has 2 nitrogen and oxygen atoms in total. The second-order valence-corrected chi connectivity index (χ2v) is 4.43. The molecule has 0 fully saturated rings. The molecule has 3 rings (SSSR count). The monoisotopic (exact) mass is 320 g/mol. The van der Waals surface area contributed by atoms with E-state index in [4.69, 9.17) is 5.11 Å². The van der Waals surface area contributed by atoms with Crippen LogP contribution in [0.5, 0.6) is 0 Å². The second-order valence-electron chi connectivity index (χ2n) is 4.43. The zero-order valence-electron chi connectivity index (χ0n) is 11.4. The summed E-state index contributed by atoms with van der Waals surface area (Å²) in [6.45, 7) is 0. The average Bonchev–Trinajstić information content (AvgIpc) is 3.15. The Morgan fingerprint density at radius 2 is 1.43 bits per heavy atom. The smallest absolute Gasteiger partial charge is 0.335 e. The first-order valence-corrected chi connectivity index (χ1v) is 6.45. The van der Waals surface area contributed by atoms with Gasteiger partial charge in [-0.05, 0) is 18.6 Å².